The lowest BCUT2D eigenvalue weighted by molar-refractivity contribution is -0.141. The van der Waals surface area contributed by atoms with Crippen LogP contribution in [0.3, 0.4) is 0 Å². The van der Waals surface area contributed by atoms with Crippen molar-refractivity contribution in [3.05, 3.63) is 22.5 Å². The number of alkyl halides is 3. The molecule has 0 atom stereocenters. The summed E-state index contributed by atoms with van der Waals surface area (Å²) < 4.78 is 42.8. The average molecular weight is 341 g/mol. The van der Waals surface area contributed by atoms with Crippen LogP contribution in [0.5, 0.6) is 0 Å². The molecule has 22 heavy (non-hydrogen) atoms. The second kappa shape index (κ2) is 7.67. The molecule has 4 nitrogen and oxygen atoms in total. The monoisotopic (exact) mass is 340 g/mol. The lowest BCUT2D eigenvalue weighted by atomic mass is 10.2. The molecule has 126 valence electrons. The number of nitrogens with one attached hydrogen (secondary N) is 1. The number of carbonyl (C=O) groups is 1. The van der Waals surface area contributed by atoms with Crippen LogP contribution in [0.1, 0.15) is 45.9 Å². The lowest BCUT2D eigenvalue weighted by Gasteiger charge is -2.20. The number of nitrogens with zero attached hydrogens (tertiary/aromatic N) is 1. The number of hydrogen-bond acceptors (Lipinski definition) is 3. The molecule has 8 heteroatoms. The highest BCUT2D eigenvalue weighted by Gasteiger charge is 2.36. The van der Waals surface area contributed by atoms with Crippen molar-refractivity contribution in [3.8, 4) is 0 Å². The third kappa shape index (κ3) is 6.09. The van der Waals surface area contributed by atoms with E-state index in [9.17, 15) is 18.0 Å². The maximum Gasteiger partial charge on any atom is 0.434 e. The Bertz CT molecular complexity index is 526. The molecule has 0 radical (unpaired) electrons. The Balaban J connectivity index is 0.00000211. The van der Waals surface area contributed by atoms with Crippen LogP contribution in [0.25, 0.3) is 0 Å². The van der Waals surface area contributed by atoms with Crippen LogP contribution in [0.15, 0.2) is 6.20 Å². The summed E-state index contributed by atoms with van der Waals surface area (Å²) in [5, 5.41) is 1.76. The number of halogens is 4. The van der Waals surface area contributed by atoms with E-state index in [1.165, 1.54) is 6.92 Å². The molecule has 0 saturated heterocycles. The number of hydrogen-bond donors (Lipinski definition) is 1. The first-order chi connectivity index (χ1) is 9.92. The van der Waals surface area contributed by atoms with Crippen LogP contribution in [0, 0.1) is 6.92 Å². The van der Waals surface area contributed by atoms with E-state index >= 15 is 0 Å². The van der Waals surface area contributed by atoms with Gasteiger partial charge in [0.1, 0.15) is 5.60 Å². The summed E-state index contributed by atoms with van der Waals surface area (Å²) in [6.45, 7) is 10.3. The Kier molecular flexibility index (Phi) is 7.15. The fourth-order valence-corrected chi connectivity index (χ4v) is 1.57. The van der Waals surface area contributed by atoms with Gasteiger partial charge in [0.15, 0.2) is 5.69 Å². The van der Waals surface area contributed by atoms with Crippen molar-refractivity contribution in [2.24, 2.45) is 0 Å². The number of aromatic nitrogens is 1. The van der Waals surface area contributed by atoms with Gasteiger partial charge >= 0.3 is 12.3 Å². The van der Waals surface area contributed by atoms with Crippen molar-refractivity contribution < 1.29 is 22.7 Å². The highest BCUT2D eigenvalue weighted by Crippen LogP contribution is 2.36. The molecule has 1 N–H and O–H groups in total. The summed E-state index contributed by atoms with van der Waals surface area (Å²) in [6.07, 6.45) is -4.54. The topological polar surface area (TPSA) is 51.2 Å². The predicted octanol–water partition coefficient (Wildman–Crippen LogP) is 5.44. The van der Waals surface area contributed by atoms with Crippen molar-refractivity contribution >= 4 is 23.4 Å². The van der Waals surface area contributed by atoms with Gasteiger partial charge in [-0.2, -0.15) is 13.2 Å². The first kappa shape index (κ1) is 20.5. The highest BCUT2D eigenvalue weighted by atomic mass is 35.5. The minimum absolute atomic E-state index is 0.0669. The van der Waals surface area contributed by atoms with Crippen LogP contribution in [0.2, 0.25) is 5.02 Å². The van der Waals surface area contributed by atoms with Gasteiger partial charge in [-0.15, -0.1) is 0 Å². The van der Waals surface area contributed by atoms with Crippen LogP contribution in [-0.4, -0.2) is 16.7 Å². The van der Waals surface area contributed by atoms with Gasteiger partial charge in [0.25, 0.3) is 0 Å². The maximum absolute atomic E-state index is 12.6. The molecule has 1 amide bonds. The minimum atomic E-state index is -4.65. The third-order valence-electron chi connectivity index (χ3n) is 2.17. The predicted molar refractivity (Wildman–Crippen MR) is 80.2 cm³/mol. The molecule has 0 aliphatic carbocycles. The summed E-state index contributed by atoms with van der Waals surface area (Å²) in [7, 11) is 0. The smallest absolute Gasteiger partial charge is 0.434 e. The number of carbonyl (C=O) groups excluding carboxylic acids is 1. The first-order valence-electron chi connectivity index (χ1n) is 6.64. The van der Waals surface area contributed by atoms with Crippen molar-refractivity contribution in [3.63, 3.8) is 0 Å². The molecule has 0 spiro atoms. The van der Waals surface area contributed by atoms with E-state index in [2.05, 4.69) is 10.3 Å². The normalized spacial score (nSPS) is 11.4. The van der Waals surface area contributed by atoms with Gasteiger partial charge in [-0.25, -0.2) is 9.78 Å². The quantitative estimate of drug-likeness (QED) is 0.741. The molecule has 0 saturated carbocycles. The largest absolute Gasteiger partial charge is 0.444 e. The van der Waals surface area contributed by atoms with Crippen LogP contribution >= 0.6 is 11.6 Å². The summed E-state index contributed by atoms with van der Waals surface area (Å²) in [5.74, 6) is 0. The summed E-state index contributed by atoms with van der Waals surface area (Å²) in [4.78, 5) is 14.8. The first-order valence-corrected chi connectivity index (χ1v) is 7.02. The van der Waals surface area contributed by atoms with Gasteiger partial charge in [0.2, 0.25) is 0 Å². The molecule has 1 rings (SSSR count). The molecular weight excluding hydrogens is 321 g/mol. The van der Waals surface area contributed by atoms with E-state index in [0.29, 0.717) is 0 Å². The van der Waals surface area contributed by atoms with Crippen molar-refractivity contribution in [1.82, 2.24) is 4.98 Å². The second-order valence-corrected chi connectivity index (χ2v) is 5.46. The highest BCUT2D eigenvalue weighted by molar-refractivity contribution is 6.32. The number of amides is 1. The Morgan fingerprint density at radius 1 is 1.27 bits per heavy atom. The number of pyridine rings is 1. The zero-order chi connectivity index (χ0) is 17.7. The molecule has 0 unspecified atom stereocenters. The van der Waals surface area contributed by atoms with Gasteiger partial charge < -0.3 is 4.74 Å². The fourth-order valence-electron chi connectivity index (χ4n) is 1.32. The van der Waals surface area contributed by atoms with Crippen LogP contribution < -0.4 is 5.32 Å². The molecule has 1 heterocycles. The van der Waals surface area contributed by atoms with E-state index in [1.54, 1.807) is 20.8 Å². The van der Waals surface area contributed by atoms with Crippen molar-refractivity contribution in [2.45, 2.75) is 53.3 Å². The summed E-state index contributed by atoms with van der Waals surface area (Å²) >= 11 is 5.62. The Hall–Kier alpha value is -1.50. The Morgan fingerprint density at radius 3 is 2.18 bits per heavy atom. The standard InChI is InChI=1S/C12H14ClF3N2O2.C2H6/c1-6-7(18-10(19)20-11(2,3)4)5-17-9(8(6)13)12(14,15)16;1-2/h5H,1-4H3,(H,18,19);1-2H3. The number of ether oxygens (including phenoxy) is 1. The van der Waals surface area contributed by atoms with Gasteiger partial charge in [0.05, 0.1) is 16.9 Å². The number of anilines is 1. The summed E-state index contributed by atoms with van der Waals surface area (Å²) in [5.41, 5.74) is -1.77. The molecule has 0 aromatic carbocycles. The lowest BCUT2D eigenvalue weighted by Crippen LogP contribution is -2.27. The molecule has 0 aliphatic heterocycles. The van der Waals surface area contributed by atoms with Crippen molar-refractivity contribution in [2.75, 3.05) is 5.32 Å². The van der Waals surface area contributed by atoms with Crippen LogP contribution in [0.4, 0.5) is 23.7 Å². The molecule has 1 aromatic heterocycles. The van der Waals surface area contributed by atoms with E-state index in [4.69, 9.17) is 16.3 Å². The minimum Gasteiger partial charge on any atom is -0.444 e. The molecule has 0 aliphatic rings. The zero-order valence-electron chi connectivity index (χ0n) is 13.4. The maximum atomic E-state index is 12.6. The molecule has 1 aromatic rings. The van der Waals surface area contributed by atoms with Gasteiger partial charge in [-0.1, -0.05) is 25.4 Å². The van der Waals surface area contributed by atoms with Gasteiger partial charge in [-0.05, 0) is 33.3 Å². The Morgan fingerprint density at radius 2 is 1.77 bits per heavy atom. The van der Waals surface area contributed by atoms with Gasteiger partial charge in [-0.3, -0.25) is 5.32 Å². The van der Waals surface area contributed by atoms with E-state index in [-0.39, 0.29) is 11.3 Å². The van der Waals surface area contributed by atoms with Crippen LogP contribution in [-0.2, 0) is 10.9 Å². The second-order valence-electron chi connectivity index (χ2n) is 5.08. The number of rotatable bonds is 1. The molecule has 0 fully saturated rings. The zero-order valence-corrected chi connectivity index (χ0v) is 14.1. The average Bonchev–Trinajstić information content (AvgIpc) is 2.33. The van der Waals surface area contributed by atoms with E-state index in [1.807, 2.05) is 13.8 Å². The van der Waals surface area contributed by atoms with Gasteiger partial charge in [0, 0.05) is 0 Å². The van der Waals surface area contributed by atoms with E-state index < -0.39 is 28.6 Å². The SMILES string of the molecule is CC.Cc1c(NC(=O)OC(C)(C)C)cnc(C(F)(F)F)c1Cl. The van der Waals surface area contributed by atoms with Crippen molar-refractivity contribution in [1.29, 1.82) is 0 Å². The fraction of sp³-hybridized carbons (Fsp3) is 0.571. The molecular formula is C14H20ClF3N2O2. The third-order valence-corrected chi connectivity index (χ3v) is 2.63. The molecule has 0 bridgehead atoms. The van der Waals surface area contributed by atoms with E-state index in [0.717, 1.165) is 6.20 Å². The summed E-state index contributed by atoms with van der Waals surface area (Å²) in [6, 6.07) is 0. The Labute approximate surface area is 133 Å².